The molecular weight excluding hydrogens is 364 g/mol. The van der Waals surface area contributed by atoms with Crippen molar-refractivity contribution in [3.8, 4) is 11.8 Å². The van der Waals surface area contributed by atoms with Gasteiger partial charge in [-0.1, -0.05) is 32.5 Å². The molecule has 152 valence electrons. The molecule has 0 radical (unpaired) electrons. The van der Waals surface area contributed by atoms with Crippen LogP contribution < -0.4 is 0 Å². The number of ether oxygens (including phenoxy) is 1. The molecule has 6 heteroatoms. The van der Waals surface area contributed by atoms with E-state index in [2.05, 4.69) is 60.3 Å². The summed E-state index contributed by atoms with van der Waals surface area (Å²) < 4.78 is 7.86. The van der Waals surface area contributed by atoms with Gasteiger partial charge < -0.3 is 14.2 Å². The summed E-state index contributed by atoms with van der Waals surface area (Å²) in [7, 11) is 1.15. The van der Waals surface area contributed by atoms with Crippen molar-refractivity contribution in [2.45, 2.75) is 52.2 Å². The van der Waals surface area contributed by atoms with Crippen molar-refractivity contribution in [3.63, 3.8) is 0 Å². The van der Waals surface area contributed by atoms with E-state index < -0.39 is 8.07 Å². The van der Waals surface area contributed by atoms with E-state index in [1.54, 1.807) is 6.20 Å². The Balaban J connectivity index is 1.58. The van der Waals surface area contributed by atoms with Crippen molar-refractivity contribution in [2.75, 3.05) is 26.7 Å². The van der Waals surface area contributed by atoms with Crippen LogP contribution in [-0.2, 0) is 11.5 Å². The predicted molar refractivity (Wildman–Crippen MR) is 118 cm³/mol. The average molecular weight is 399 g/mol. The van der Waals surface area contributed by atoms with Crippen LogP contribution in [0.4, 0.5) is 0 Å². The highest BCUT2D eigenvalue weighted by atomic mass is 28.3. The van der Waals surface area contributed by atoms with E-state index in [0.29, 0.717) is 12.6 Å². The Kier molecular flexibility index (Phi) is 6.92. The standard InChI is InChI=1S/C22H34N4OSi/c1-18-9-11-25(2)16-19(18)7-6-8-20-15-23-22-21(24-20)10-12-26(22)17-27-13-14-28(3,4)5/h10,12,15,18-19H,7,9,11,13-14,16-17H2,1-5H3. The molecule has 2 unspecified atom stereocenters. The summed E-state index contributed by atoms with van der Waals surface area (Å²) in [5, 5.41) is 0. The van der Waals surface area contributed by atoms with Gasteiger partial charge in [0.15, 0.2) is 5.65 Å². The molecular formula is C22H34N4OSi. The first-order valence-electron chi connectivity index (χ1n) is 10.4. The number of fused-ring (bicyclic) bond motifs is 1. The zero-order valence-corrected chi connectivity index (χ0v) is 19.0. The molecule has 28 heavy (non-hydrogen) atoms. The molecule has 3 heterocycles. The van der Waals surface area contributed by atoms with Gasteiger partial charge in [-0.2, -0.15) is 0 Å². The quantitative estimate of drug-likeness (QED) is 0.418. The molecule has 0 N–H and O–H groups in total. The third-order valence-electron chi connectivity index (χ3n) is 5.59. The SMILES string of the molecule is CC1CCN(C)CC1CC#Cc1cnc2c(ccn2COCC[Si](C)(C)C)n1. The fourth-order valence-electron chi connectivity index (χ4n) is 3.54. The summed E-state index contributed by atoms with van der Waals surface area (Å²) in [6.45, 7) is 13.1. The first kappa shape index (κ1) is 21.0. The molecule has 1 aliphatic heterocycles. The van der Waals surface area contributed by atoms with Gasteiger partial charge in [-0.15, -0.1) is 0 Å². The van der Waals surface area contributed by atoms with Crippen LogP contribution in [0.15, 0.2) is 18.5 Å². The molecule has 0 aliphatic carbocycles. The second-order valence-corrected chi connectivity index (χ2v) is 15.0. The van der Waals surface area contributed by atoms with Crippen LogP contribution in [0.2, 0.25) is 25.7 Å². The highest BCUT2D eigenvalue weighted by molar-refractivity contribution is 6.76. The average Bonchev–Trinajstić information content (AvgIpc) is 3.03. The van der Waals surface area contributed by atoms with Gasteiger partial charge in [0.05, 0.1) is 6.20 Å². The fraction of sp³-hybridized carbons (Fsp3) is 0.636. The lowest BCUT2D eigenvalue weighted by molar-refractivity contribution is 0.0899. The van der Waals surface area contributed by atoms with E-state index in [-0.39, 0.29) is 0 Å². The summed E-state index contributed by atoms with van der Waals surface area (Å²) in [6, 6.07) is 3.17. The van der Waals surface area contributed by atoms with E-state index in [1.165, 1.54) is 19.0 Å². The maximum Gasteiger partial charge on any atom is 0.160 e. The number of nitrogens with zero attached hydrogens (tertiary/aromatic N) is 4. The van der Waals surface area contributed by atoms with Crippen molar-refractivity contribution in [1.82, 2.24) is 19.4 Å². The third kappa shape index (κ3) is 5.90. The maximum absolute atomic E-state index is 5.84. The molecule has 1 saturated heterocycles. The highest BCUT2D eigenvalue weighted by Gasteiger charge is 2.23. The van der Waals surface area contributed by atoms with Gasteiger partial charge >= 0.3 is 0 Å². The van der Waals surface area contributed by atoms with E-state index in [1.807, 2.05) is 16.8 Å². The molecule has 5 nitrogen and oxygen atoms in total. The van der Waals surface area contributed by atoms with Crippen LogP contribution >= 0.6 is 0 Å². The zero-order valence-electron chi connectivity index (χ0n) is 18.0. The third-order valence-corrected chi connectivity index (χ3v) is 7.29. The van der Waals surface area contributed by atoms with Crippen molar-refractivity contribution >= 4 is 19.2 Å². The fourth-order valence-corrected chi connectivity index (χ4v) is 4.29. The van der Waals surface area contributed by atoms with Gasteiger partial charge in [0.25, 0.3) is 0 Å². The molecule has 1 aliphatic rings. The van der Waals surface area contributed by atoms with Crippen molar-refractivity contribution < 1.29 is 4.74 Å². The van der Waals surface area contributed by atoms with Crippen molar-refractivity contribution in [2.24, 2.45) is 11.8 Å². The Morgan fingerprint density at radius 2 is 2.14 bits per heavy atom. The summed E-state index contributed by atoms with van der Waals surface area (Å²) in [6.07, 6.45) is 5.97. The highest BCUT2D eigenvalue weighted by Crippen LogP contribution is 2.24. The molecule has 0 aromatic carbocycles. The van der Waals surface area contributed by atoms with Gasteiger partial charge in [0.2, 0.25) is 0 Å². The van der Waals surface area contributed by atoms with Gasteiger partial charge in [0, 0.05) is 33.8 Å². The predicted octanol–water partition coefficient (Wildman–Crippen LogP) is 4.07. The minimum absolute atomic E-state index is 0.529. The lowest BCUT2D eigenvalue weighted by Gasteiger charge is -2.33. The normalized spacial score (nSPS) is 20.9. The second kappa shape index (κ2) is 9.21. The monoisotopic (exact) mass is 398 g/mol. The number of hydrogen-bond acceptors (Lipinski definition) is 4. The number of aromatic nitrogens is 3. The van der Waals surface area contributed by atoms with Crippen LogP contribution in [0, 0.1) is 23.7 Å². The van der Waals surface area contributed by atoms with Crippen LogP contribution in [0.5, 0.6) is 0 Å². The van der Waals surface area contributed by atoms with E-state index in [9.17, 15) is 0 Å². The smallest absolute Gasteiger partial charge is 0.160 e. The van der Waals surface area contributed by atoms with E-state index >= 15 is 0 Å². The summed E-state index contributed by atoms with van der Waals surface area (Å²) >= 11 is 0. The van der Waals surface area contributed by atoms with Crippen LogP contribution in [-0.4, -0.2) is 54.3 Å². The first-order chi connectivity index (χ1) is 13.3. The second-order valence-electron chi connectivity index (χ2n) is 9.39. The van der Waals surface area contributed by atoms with Crippen LogP contribution in [0.25, 0.3) is 11.2 Å². The minimum Gasteiger partial charge on any atom is -0.361 e. The first-order valence-corrected chi connectivity index (χ1v) is 14.1. The number of hydrogen-bond donors (Lipinski definition) is 0. The molecule has 0 amide bonds. The number of likely N-dealkylation sites (tertiary alicyclic amines) is 1. The van der Waals surface area contributed by atoms with Gasteiger partial charge in [-0.25, -0.2) is 9.97 Å². The van der Waals surface area contributed by atoms with Gasteiger partial charge in [-0.3, -0.25) is 0 Å². The lowest BCUT2D eigenvalue weighted by Crippen LogP contribution is -2.36. The van der Waals surface area contributed by atoms with Crippen molar-refractivity contribution in [3.05, 3.63) is 24.2 Å². The van der Waals surface area contributed by atoms with E-state index in [0.717, 1.165) is 42.3 Å². The Labute approximate surface area is 170 Å². The summed E-state index contributed by atoms with van der Waals surface area (Å²) in [4.78, 5) is 11.7. The number of piperidine rings is 1. The molecule has 1 fully saturated rings. The molecule has 2 aromatic rings. The molecule has 2 atom stereocenters. The Hall–Kier alpha value is -1.68. The van der Waals surface area contributed by atoms with Gasteiger partial charge in [-0.05, 0) is 49.9 Å². The Morgan fingerprint density at radius 1 is 1.32 bits per heavy atom. The minimum atomic E-state index is -1.05. The lowest BCUT2D eigenvalue weighted by atomic mass is 9.85. The molecule has 2 aromatic heterocycles. The molecule has 0 bridgehead atoms. The maximum atomic E-state index is 5.84. The van der Waals surface area contributed by atoms with Crippen molar-refractivity contribution in [1.29, 1.82) is 0 Å². The largest absolute Gasteiger partial charge is 0.361 e. The van der Waals surface area contributed by atoms with Crippen LogP contribution in [0.3, 0.4) is 0 Å². The molecule has 0 spiro atoms. The summed E-state index contributed by atoms with van der Waals surface area (Å²) in [5.41, 5.74) is 2.49. The molecule has 0 saturated carbocycles. The van der Waals surface area contributed by atoms with E-state index in [4.69, 9.17) is 4.74 Å². The summed E-state index contributed by atoms with van der Waals surface area (Å²) in [5.74, 6) is 7.96. The van der Waals surface area contributed by atoms with Gasteiger partial charge in [0.1, 0.15) is 17.9 Å². The zero-order chi connectivity index (χ0) is 20.1. The Morgan fingerprint density at radius 3 is 2.93 bits per heavy atom. The number of rotatable bonds is 6. The van der Waals surface area contributed by atoms with Crippen LogP contribution in [0.1, 0.15) is 25.5 Å². The molecule has 3 rings (SSSR count). The Bertz CT molecular complexity index is 846. The topological polar surface area (TPSA) is 43.2 Å².